The Hall–Kier alpha value is -2.42. The zero-order valence-electron chi connectivity index (χ0n) is 18.0. The van der Waals surface area contributed by atoms with Crippen LogP contribution in [0.1, 0.15) is 36.5 Å². The monoisotopic (exact) mass is 494 g/mol. The highest BCUT2D eigenvalue weighted by molar-refractivity contribution is 7.18. The van der Waals surface area contributed by atoms with E-state index in [1.807, 2.05) is 18.2 Å². The number of benzene rings is 2. The first-order valence-corrected chi connectivity index (χ1v) is 11.6. The minimum atomic E-state index is -4.53. The van der Waals surface area contributed by atoms with Crippen LogP contribution in [0.15, 0.2) is 42.6 Å². The highest BCUT2D eigenvalue weighted by Crippen LogP contribution is 2.39. The summed E-state index contributed by atoms with van der Waals surface area (Å²) in [5.41, 5.74) is 1.70. The SMILES string of the molecule is CC(C)c1ccc(-c2cnc(-c3ccc(CN4CC(C(=O)O)C4)c(C(F)(F)F)c3)s2)cc1Cl. The second-order valence-corrected chi connectivity index (χ2v) is 9.96. The van der Waals surface area contributed by atoms with E-state index in [4.69, 9.17) is 16.7 Å². The third-order valence-corrected chi connectivity index (χ3v) is 7.20. The molecule has 2 heterocycles. The van der Waals surface area contributed by atoms with E-state index in [9.17, 15) is 18.0 Å². The first-order chi connectivity index (χ1) is 15.5. The second kappa shape index (κ2) is 9.08. The van der Waals surface area contributed by atoms with Crippen LogP contribution in [0.5, 0.6) is 0 Å². The molecule has 1 fully saturated rings. The van der Waals surface area contributed by atoms with Gasteiger partial charge in [0.1, 0.15) is 5.01 Å². The van der Waals surface area contributed by atoms with Crippen LogP contribution in [0.25, 0.3) is 21.0 Å². The fourth-order valence-corrected chi connectivity index (χ4v) is 5.20. The lowest BCUT2D eigenvalue weighted by Crippen LogP contribution is -2.49. The Morgan fingerprint density at radius 2 is 1.91 bits per heavy atom. The van der Waals surface area contributed by atoms with Crippen LogP contribution >= 0.6 is 22.9 Å². The number of aliphatic carboxylic acids is 1. The molecule has 0 aliphatic carbocycles. The van der Waals surface area contributed by atoms with Crippen molar-refractivity contribution in [3.63, 3.8) is 0 Å². The van der Waals surface area contributed by atoms with Gasteiger partial charge in [0, 0.05) is 36.4 Å². The second-order valence-electron chi connectivity index (χ2n) is 8.52. The first-order valence-electron chi connectivity index (χ1n) is 10.4. The Bertz CT molecular complexity index is 1190. The van der Waals surface area contributed by atoms with E-state index >= 15 is 0 Å². The lowest BCUT2D eigenvalue weighted by atomic mass is 9.97. The average Bonchev–Trinajstić information content (AvgIpc) is 3.19. The van der Waals surface area contributed by atoms with Gasteiger partial charge < -0.3 is 5.11 Å². The molecule has 174 valence electrons. The molecule has 1 aromatic heterocycles. The van der Waals surface area contributed by atoms with Crippen LogP contribution in [-0.4, -0.2) is 34.0 Å². The number of thiazole rings is 1. The van der Waals surface area contributed by atoms with Crippen molar-refractivity contribution in [2.24, 2.45) is 5.92 Å². The third-order valence-electron chi connectivity index (χ3n) is 5.78. The van der Waals surface area contributed by atoms with Crippen molar-refractivity contribution in [2.75, 3.05) is 13.1 Å². The largest absolute Gasteiger partial charge is 0.481 e. The predicted molar refractivity (Wildman–Crippen MR) is 123 cm³/mol. The van der Waals surface area contributed by atoms with Crippen LogP contribution in [0, 0.1) is 5.92 Å². The molecule has 3 aromatic rings. The quantitative estimate of drug-likeness (QED) is 0.410. The van der Waals surface area contributed by atoms with Crippen molar-refractivity contribution in [1.82, 2.24) is 9.88 Å². The van der Waals surface area contributed by atoms with Gasteiger partial charge in [-0.25, -0.2) is 4.98 Å². The fourth-order valence-electron chi connectivity index (χ4n) is 3.90. The molecule has 1 aliphatic rings. The summed E-state index contributed by atoms with van der Waals surface area (Å²) in [5.74, 6) is -1.15. The van der Waals surface area contributed by atoms with E-state index in [1.165, 1.54) is 17.4 Å². The van der Waals surface area contributed by atoms with Crippen LogP contribution in [0.4, 0.5) is 13.2 Å². The molecule has 0 unspecified atom stereocenters. The number of likely N-dealkylation sites (tertiary alicyclic amines) is 1. The van der Waals surface area contributed by atoms with E-state index in [-0.39, 0.29) is 31.1 Å². The average molecular weight is 495 g/mol. The number of rotatable bonds is 6. The van der Waals surface area contributed by atoms with Crippen LogP contribution in [0.2, 0.25) is 5.02 Å². The molecule has 0 spiro atoms. The van der Waals surface area contributed by atoms with Crippen molar-refractivity contribution < 1.29 is 23.1 Å². The van der Waals surface area contributed by atoms with Gasteiger partial charge in [-0.2, -0.15) is 13.2 Å². The number of carboxylic acids is 1. The minimum Gasteiger partial charge on any atom is -0.481 e. The normalized spacial score (nSPS) is 15.1. The molecule has 0 saturated carbocycles. The number of halogens is 4. The summed E-state index contributed by atoms with van der Waals surface area (Å²) in [4.78, 5) is 17.8. The van der Waals surface area contributed by atoms with E-state index in [2.05, 4.69) is 18.8 Å². The van der Waals surface area contributed by atoms with Gasteiger partial charge in [-0.1, -0.05) is 49.7 Å². The summed E-state index contributed by atoms with van der Waals surface area (Å²) in [5, 5.41) is 10.1. The summed E-state index contributed by atoms with van der Waals surface area (Å²) >= 11 is 7.70. The number of carboxylic acid groups (broad SMARTS) is 1. The molecule has 9 heteroatoms. The number of alkyl halides is 3. The third kappa shape index (κ3) is 5.08. The standard InChI is InChI=1S/C24H22ClF3N2O2S/c1-13(2)18-6-5-14(8-20(18)25)21-9-29-22(33-21)15-3-4-16(19(7-15)24(26,27)28)10-30-11-17(12-30)23(31)32/h3-9,13,17H,10-12H2,1-2H3,(H,31,32). The van der Waals surface area contributed by atoms with Gasteiger partial charge in [-0.05, 0) is 34.7 Å². The Labute approximate surface area is 198 Å². The molecule has 0 radical (unpaired) electrons. The summed E-state index contributed by atoms with van der Waals surface area (Å²) in [6.07, 6.45) is -2.88. The predicted octanol–water partition coefficient (Wildman–Crippen LogP) is 6.79. The first kappa shape index (κ1) is 23.7. The summed E-state index contributed by atoms with van der Waals surface area (Å²) in [6.45, 7) is 4.67. The smallest absolute Gasteiger partial charge is 0.416 e. The Morgan fingerprint density at radius 1 is 1.21 bits per heavy atom. The van der Waals surface area contributed by atoms with Crippen LogP contribution in [-0.2, 0) is 17.5 Å². The van der Waals surface area contributed by atoms with E-state index in [0.717, 1.165) is 22.1 Å². The maximum absolute atomic E-state index is 13.8. The molecule has 33 heavy (non-hydrogen) atoms. The van der Waals surface area contributed by atoms with Crippen molar-refractivity contribution in [2.45, 2.75) is 32.5 Å². The molecule has 1 saturated heterocycles. The maximum atomic E-state index is 13.8. The number of nitrogens with zero attached hydrogens (tertiary/aromatic N) is 2. The number of hydrogen-bond donors (Lipinski definition) is 1. The Kier molecular flexibility index (Phi) is 6.53. The number of carbonyl (C=O) groups is 1. The molecular weight excluding hydrogens is 473 g/mol. The summed E-state index contributed by atoms with van der Waals surface area (Å²) in [7, 11) is 0. The Balaban J connectivity index is 1.59. The van der Waals surface area contributed by atoms with Crippen LogP contribution < -0.4 is 0 Å². The van der Waals surface area contributed by atoms with E-state index < -0.39 is 23.6 Å². The topological polar surface area (TPSA) is 53.4 Å². The molecule has 4 rings (SSSR count). The number of hydrogen-bond acceptors (Lipinski definition) is 4. The van der Waals surface area contributed by atoms with Gasteiger partial charge in [0.2, 0.25) is 0 Å². The van der Waals surface area contributed by atoms with Gasteiger partial charge >= 0.3 is 12.1 Å². The maximum Gasteiger partial charge on any atom is 0.416 e. The molecule has 0 atom stereocenters. The van der Waals surface area contributed by atoms with E-state index in [1.54, 1.807) is 17.2 Å². The lowest BCUT2D eigenvalue weighted by Gasteiger charge is -2.37. The highest BCUT2D eigenvalue weighted by atomic mass is 35.5. The van der Waals surface area contributed by atoms with Crippen molar-refractivity contribution in [3.8, 4) is 21.0 Å². The zero-order valence-corrected chi connectivity index (χ0v) is 19.6. The van der Waals surface area contributed by atoms with Gasteiger partial charge in [0.15, 0.2) is 0 Å². The molecular formula is C24H22ClF3N2O2S. The lowest BCUT2D eigenvalue weighted by molar-refractivity contribution is -0.148. The molecule has 1 N–H and O–H groups in total. The van der Waals surface area contributed by atoms with Gasteiger partial charge in [-0.15, -0.1) is 11.3 Å². The van der Waals surface area contributed by atoms with Gasteiger partial charge in [0.05, 0.1) is 16.4 Å². The van der Waals surface area contributed by atoms with Crippen molar-refractivity contribution >= 4 is 28.9 Å². The number of aromatic nitrogens is 1. The van der Waals surface area contributed by atoms with Gasteiger partial charge in [-0.3, -0.25) is 9.69 Å². The van der Waals surface area contributed by atoms with E-state index in [0.29, 0.717) is 15.6 Å². The van der Waals surface area contributed by atoms with Crippen molar-refractivity contribution in [1.29, 1.82) is 0 Å². The minimum absolute atomic E-state index is 0.0583. The Morgan fingerprint density at radius 3 is 2.52 bits per heavy atom. The van der Waals surface area contributed by atoms with Gasteiger partial charge in [0.25, 0.3) is 0 Å². The molecule has 0 bridgehead atoms. The molecule has 2 aromatic carbocycles. The highest BCUT2D eigenvalue weighted by Gasteiger charge is 2.37. The summed E-state index contributed by atoms with van der Waals surface area (Å²) < 4.78 is 41.4. The molecule has 0 amide bonds. The molecule has 1 aliphatic heterocycles. The molecule has 4 nitrogen and oxygen atoms in total. The zero-order chi connectivity index (χ0) is 23.9. The summed E-state index contributed by atoms with van der Waals surface area (Å²) in [6, 6.07) is 9.98. The fraction of sp³-hybridized carbons (Fsp3) is 0.333. The van der Waals surface area contributed by atoms with Crippen molar-refractivity contribution in [3.05, 3.63) is 64.3 Å². The van der Waals surface area contributed by atoms with Crippen LogP contribution in [0.3, 0.4) is 0 Å².